The van der Waals surface area contributed by atoms with Crippen molar-refractivity contribution in [1.29, 1.82) is 0 Å². The average molecular weight is 435 g/mol. The molecule has 0 atom stereocenters. The van der Waals surface area contributed by atoms with Gasteiger partial charge in [-0.2, -0.15) is 0 Å². The molecule has 1 aromatic carbocycles. The molecule has 0 bridgehead atoms. The molecule has 10 nitrogen and oxygen atoms in total. The van der Waals surface area contributed by atoms with Gasteiger partial charge in [-0.1, -0.05) is 6.07 Å². The van der Waals surface area contributed by atoms with Gasteiger partial charge in [0.15, 0.2) is 0 Å². The number of rotatable bonds is 9. The van der Waals surface area contributed by atoms with Crippen LogP contribution in [-0.4, -0.2) is 42.5 Å². The lowest BCUT2D eigenvalue weighted by Gasteiger charge is -2.09. The first-order chi connectivity index (χ1) is 14.3. The van der Waals surface area contributed by atoms with E-state index in [0.29, 0.717) is 10.6 Å². The Kier molecular flexibility index (Phi) is 7.87. The van der Waals surface area contributed by atoms with Crippen molar-refractivity contribution >= 4 is 45.6 Å². The number of esters is 2. The van der Waals surface area contributed by atoms with E-state index in [4.69, 9.17) is 9.47 Å². The maximum atomic E-state index is 12.3. The highest BCUT2D eigenvalue weighted by Gasteiger charge is 2.26. The zero-order chi connectivity index (χ0) is 22.3. The van der Waals surface area contributed by atoms with E-state index in [1.54, 1.807) is 20.8 Å². The molecule has 0 aliphatic rings. The van der Waals surface area contributed by atoms with Gasteiger partial charge >= 0.3 is 11.9 Å². The fourth-order valence-corrected chi connectivity index (χ4v) is 3.63. The number of benzene rings is 1. The van der Waals surface area contributed by atoms with Gasteiger partial charge in [-0.05, 0) is 32.4 Å². The third-order valence-corrected chi connectivity index (χ3v) is 5.07. The molecule has 2 aromatic rings. The Morgan fingerprint density at radius 1 is 1.13 bits per heavy atom. The van der Waals surface area contributed by atoms with Crippen LogP contribution in [0.3, 0.4) is 0 Å². The number of amides is 1. The number of anilines is 2. The van der Waals surface area contributed by atoms with Crippen LogP contribution in [0, 0.1) is 17.0 Å². The maximum absolute atomic E-state index is 12.3. The monoisotopic (exact) mass is 435 g/mol. The first-order valence-corrected chi connectivity index (χ1v) is 9.85. The molecule has 160 valence electrons. The largest absolute Gasteiger partial charge is 0.462 e. The highest BCUT2D eigenvalue weighted by atomic mass is 32.1. The normalized spacial score (nSPS) is 10.2. The van der Waals surface area contributed by atoms with Crippen LogP contribution in [0.25, 0.3) is 0 Å². The third-order valence-electron chi connectivity index (χ3n) is 3.84. The summed E-state index contributed by atoms with van der Waals surface area (Å²) in [6, 6.07) is 5.51. The van der Waals surface area contributed by atoms with Gasteiger partial charge in [-0.25, -0.2) is 9.59 Å². The minimum Gasteiger partial charge on any atom is -0.462 e. The number of hydrogen-bond acceptors (Lipinski definition) is 9. The highest BCUT2D eigenvalue weighted by Crippen LogP contribution is 2.34. The Labute approximate surface area is 176 Å². The molecule has 0 saturated heterocycles. The van der Waals surface area contributed by atoms with Crippen LogP contribution in [0.4, 0.5) is 16.4 Å². The molecule has 0 unspecified atom stereocenters. The molecule has 11 heteroatoms. The summed E-state index contributed by atoms with van der Waals surface area (Å²) in [4.78, 5) is 47.3. The summed E-state index contributed by atoms with van der Waals surface area (Å²) in [5.41, 5.74) is 0.668. The number of hydrogen-bond donors (Lipinski definition) is 2. The second-order valence-electron chi connectivity index (χ2n) is 5.91. The van der Waals surface area contributed by atoms with Crippen LogP contribution in [0.1, 0.15) is 39.4 Å². The second-order valence-corrected chi connectivity index (χ2v) is 6.93. The number of nitrogens with zero attached hydrogens (tertiary/aromatic N) is 1. The fourth-order valence-electron chi connectivity index (χ4n) is 2.54. The van der Waals surface area contributed by atoms with Gasteiger partial charge in [0.1, 0.15) is 9.88 Å². The summed E-state index contributed by atoms with van der Waals surface area (Å²) in [6.07, 6.45) is 0. The van der Waals surface area contributed by atoms with Crippen LogP contribution >= 0.6 is 11.3 Å². The molecular weight excluding hydrogens is 414 g/mol. The van der Waals surface area contributed by atoms with Crippen LogP contribution in [0.5, 0.6) is 0 Å². The van der Waals surface area contributed by atoms with E-state index >= 15 is 0 Å². The smallest absolute Gasteiger partial charge is 0.348 e. The minimum absolute atomic E-state index is 0.148. The van der Waals surface area contributed by atoms with Crippen molar-refractivity contribution in [1.82, 2.24) is 0 Å². The molecule has 1 heterocycles. The Hall–Kier alpha value is -3.47. The molecule has 1 aromatic heterocycles. The number of nitrogens with one attached hydrogen (secondary N) is 2. The lowest BCUT2D eigenvalue weighted by Crippen LogP contribution is -2.22. The van der Waals surface area contributed by atoms with Gasteiger partial charge in [0.05, 0.1) is 30.2 Å². The Bertz CT molecular complexity index is 971. The Morgan fingerprint density at radius 3 is 2.43 bits per heavy atom. The molecule has 0 aliphatic heterocycles. The SMILES string of the molecule is CCOC(=O)c1sc(NCC(=O)Nc2cccc([N+](=O)[O-])c2)c(C(=O)OCC)c1C. The summed E-state index contributed by atoms with van der Waals surface area (Å²) < 4.78 is 10.1. The van der Waals surface area contributed by atoms with E-state index in [0.717, 1.165) is 11.3 Å². The summed E-state index contributed by atoms with van der Waals surface area (Å²) in [7, 11) is 0. The van der Waals surface area contributed by atoms with Crippen molar-refractivity contribution in [3.05, 3.63) is 50.4 Å². The predicted octanol–water partition coefficient (Wildman–Crippen LogP) is 3.37. The maximum Gasteiger partial charge on any atom is 0.348 e. The summed E-state index contributed by atoms with van der Waals surface area (Å²) in [5.74, 6) is -1.68. The number of nitro benzene ring substituents is 1. The standard InChI is InChI=1S/C19H21N3O7S/c1-4-28-18(24)15-11(3)16(19(25)29-5-2)30-17(15)20-10-14(23)21-12-7-6-8-13(9-12)22(26)27/h6-9,20H,4-5,10H2,1-3H3,(H,21,23). The molecular formula is C19H21N3O7S. The summed E-state index contributed by atoms with van der Waals surface area (Å²) in [6.45, 7) is 5.02. The molecule has 0 spiro atoms. The van der Waals surface area contributed by atoms with E-state index < -0.39 is 22.8 Å². The van der Waals surface area contributed by atoms with Gasteiger partial charge < -0.3 is 20.1 Å². The summed E-state index contributed by atoms with van der Waals surface area (Å²) >= 11 is 0.987. The van der Waals surface area contributed by atoms with Crippen LogP contribution in [0.2, 0.25) is 0 Å². The topological polar surface area (TPSA) is 137 Å². The Morgan fingerprint density at radius 2 is 1.80 bits per heavy atom. The van der Waals surface area contributed by atoms with Gasteiger partial charge in [0, 0.05) is 17.8 Å². The Balaban J connectivity index is 2.18. The quantitative estimate of drug-likeness (QED) is 0.347. The van der Waals surface area contributed by atoms with Crippen molar-refractivity contribution in [2.24, 2.45) is 0 Å². The second kappa shape index (κ2) is 10.3. The van der Waals surface area contributed by atoms with Crippen molar-refractivity contribution in [3.63, 3.8) is 0 Å². The first kappa shape index (κ1) is 22.8. The van der Waals surface area contributed by atoms with Crippen molar-refractivity contribution < 1.29 is 28.8 Å². The van der Waals surface area contributed by atoms with Crippen molar-refractivity contribution in [3.8, 4) is 0 Å². The lowest BCUT2D eigenvalue weighted by atomic mass is 10.1. The molecule has 0 aliphatic carbocycles. The molecule has 30 heavy (non-hydrogen) atoms. The first-order valence-electron chi connectivity index (χ1n) is 9.04. The van der Waals surface area contributed by atoms with Gasteiger partial charge in [-0.3, -0.25) is 14.9 Å². The van der Waals surface area contributed by atoms with Gasteiger partial charge in [0.2, 0.25) is 5.91 Å². The van der Waals surface area contributed by atoms with E-state index in [-0.39, 0.29) is 41.6 Å². The molecule has 2 rings (SSSR count). The molecule has 0 radical (unpaired) electrons. The number of nitro groups is 1. The van der Waals surface area contributed by atoms with Crippen LogP contribution in [0.15, 0.2) is 24.3 Å². The van der Waals surface area contributed by atoms with Crippen LogP contribution < -0.4 is 10.6 Å². The number of ether oxygens (including phenoxy) is 2. The summed E-state index contributed by atoms with van der Waals surface area (Å²) in [5, 5.41) is 16.5. The lowest BCUT2D eigenvalue weighted by molar-refractivity contribution is -0.384. The molecule has 2 N–H and O–H groups in total. The number of carbonyl (C=O) groups is 3. The predicted molar refractivity (Wildman–Crippen MR) is 111 cm³/mol. The van der Waals surface area contributed by atoms with E-state index in [1.165, 1.54) is 24.3 Å². The molecule has 0 saturated carbocycles. The van der Waals surface area contributed by atoms with E-state index in [2.05, 4.69) is 10.6 Å². The van der Waals surface area contributed by atoms with Gasteiger partial charge in [-0.15, -0.1) is 11.3 Å². The molecule has 0 fully saturated rings. The zero-order valence-electron chi connectivity index (χ0n) is 16.6. The fraction of sp³-hybridized carbons (Fsp3) is 0.316. The number of thiophene rings is 1. The highest BCUT2D eigenvalue weighted by molar-refractivity contribution is 7.18. The number of non-ortho nitro benzene ring substituents is 1. The van der Waals surface area contributed by atoms with E-state index in [9.17, 15) is 24.5 Å². The van der Waals surface area contributed by atoms with Crippen molar-refractivity contribution in [2.45, 2.75) is 20.8 Å². The van der Waals surface area contributed by atoms with Gasteiger partial charge in [0.25, 0.3) is 5.69 Å². The third kappa shape index (κ3) is 5.54. The minimum atomic E-state index is -0.622. The van der Waals surface area contributed by atoms with Crippen LogP contribution in [-0.2, 0) is 14.3 Å². The average Bonchev–Trinajstić information content (AvgIpc) is 3.03. The van der Waals surface area contributed by atoms with E-state index in [1.807, 2.05) is 0 Å². The zero-order valence-corrected chi connectivity index (χ0v) is 17.5. The number of carbonyl (C=O) groups excluding carboxylic acids is 3. The molecule has 1 amide bonds. The van der Waals surface area contributed by atoms with Crippen molar-refractivity contribution in [2.75, 3.05) is 30.4 Å².